The lowest BCUT2D eigenvalue weighted by Gasteiger charge is -2.16. The van der Waals surface area contributed by atoms with Crippen LogP contribution in [0.4, 0.5) is 5.69 Å². The molecule has 26 heavy (non-hydrogen) atoms. The Morgan fingerprint density at radius 3 is 2.35 bits per heavy atom. The highest BCUT2D eigenvalue weighted by atomic mass is 16.5. The number of aromatic nitrogens is 1. The van der Waals surface area contributed by atoms with Gasteiger partial charge in [-0.3, -0.25) is 9.78 Å². The Balaban J connectivity index is 1.98. The van der Waals surface area contributed by atoms with Gasteiger partial charge in [-0.2, -0.15) is 0 Å². The van der Waals surface area contributed by atoms with Crippen molar-refractivity contribution in [1.29, 1.82) is 0 Å². The average Bonchev–Trinajstić information content (AvgIpc) is 2.67. The molecule has 0 bridgehead atoms. The molecule has 7 nitrogen and oxygen atoms in total. The van der Waals surface area contributed by atoms with Crippen LogP contribution in [0.15, 0.2) is 48.8 Å². The SMILES string of the molecule is CCOC(=O)c1ccc(NC(=O)C(CC)OC(=O)c2cccnc2)cc1. The molecule has 0 aliphatic carbocycles. The van der Waals surface area contributed by atoms with Crippen LogP contribution < -0.4 is 5.32 Å². The van der Waals surface area contributed by atoms with Crippen LogP contribution in [0.25, 0.3) is 0 Å². The summed E-state index contributed by atoms with van der Waals surface area (Å²) in [6, 6.07) is 9.45. The second kappa shape index (κ2) is 9.31. The first-order valence-electron chi connectivity index (χ1n) is 8.24. The average molecular weight is 356 g/mol. The summed E-state index contributed by atoms with van der Waals surface area (Å²) in [5.41, 5.74) is 1.15. The largest absolute Gasteiger partial charge is 0.462 e. The fourth-order valence-electron chi connectivity index (χ4n) is 2.13. The summed E-state index contributed by atoms with van der Waals surface area (Å²) in [5.74, 6) is -1.49. The van der Waals surface area contributed by atoms with Gasteiger partial charge in [0, 0.05) is 18.1 Å². The first-order valence-corrected chi connectivity index (χ1v) is 8.24. The lowest BCUT2D eigenvalue weighted by atomic mass is 10.2. The van der Waals surface area contributed by atoms with Gasteiger partial charge >= 0.3 is 11.9 Å². The highest BCUT2D eigenvalue weighted by molar-refractivity contribution is 5.98. The number of nitrogens with zero attached hydrogens (tertiary/aromatic N) is 1. The minimum absolute atomic E-state index is 0.275. The molecule has 136 valence electrons. The zero-order valence-electron chi connectivity index (χ0n) is 14.6. The van der Waals surface area contributed by atoms with Crippen molar-refractivity contribution in [3.05, 3.63) is 59.9 Å². The fourth-order valence-corrected chi connectivity index (χ4v) is 2.13. The van der Waals surface area contributed by atoms with E-state index < -0.39 is 23.9 Å². The molecule has 0 spiro atoms. The molecule has 1 unspecified atom stereocenters. The summed E-state index contributed by atoms with van der Waals surface area (Å²) >= 11 is 0. The standard InChI is InChI=1S/C19H20N2O5/c1-3-16(26-19(24)14-6-5-11-20-12-14)17(22)21-15-9-7-13(8-10-15)18(23)25-4-2/h5-12,16H,3-4H2,1-2H3,(H,21,22). The summed E-state index contributed by atoms with van der Waals surface area (Å²) in [4.78, 5) is 39.9. The van der Waals surface area contributed by atoms with Gasteiger partial charge < -0.3 is 14.8 Å². The lowest BCUT2D eigenvalue weighted by molar-refractivity contribution is -0.124. The number of pyridine rings is 1. The van der Waals surface area contributed by atoms with E-state index >= 15 is 0 Å². The van der Waals surface area contributed by atoms with Gasteiger partial charge in [-0.25, -0.2) is 9.59 Å². The van der Waals surface area contributed by atoms with Crippen LogP contribution in [-0.2, 0) is 14.3 Å². The van der Waals surface area contributed by atoms with E-state index in [0.717, 1.165) is 0 Å². The number of anilines is 1. The fraction of sp³-hybridized carbons (Fsp3) is 0.263. The number of carbonyl (C=O) groups is 3. The van der Waals surface area contributed by atoms with Crippen LogP contribution in [0.3, 0.4) is 0 Å². The molecule has 0 aliphatic rings. The van der Waals surface area contributed by atoms with Crippen molar-refractivity contribution in [2.75, 3.05) is 11.9 Å². The smallest absolute Gasteiger partial charge is 0.340 e. The Kier molecular flexibility index (Phi) is 6.84. The summed E-state index contributed by atoms with van der Waals surface area (Å²) in [6.07, 6.45) is 2.30. The molecule has 2 rings (SSSR count). The van der Waals surface area contributed by atoms with Crippen LogP contribution in [-0.4, -0.2) is 35.5 Å². The minimum atomic E-state index is -0.938. The number of ether oxygens (including phenoxy) is 2. The first-order chi connectivity index (χ1) is 12.5. The van der Waals surface area contributed by atoms with E-state index in [1.165, 1.54) is 6.20 Å². The quantitative estimate of drug-likeness (QED) is 0.767. The Morgan fingerprint density at radius 1 is 1.04 bits per heavy atom. The van der Waals surface area contributed by atoms with E-state index in [0.29, 0.717) is 17.7 Å². The van der Waals surface area contributed by atoms with Crippen LogP contribution in [0.2, 0.25) is 0 Å². The van der Waals surface area contributed by atoms with Crippen molar-refractivity contribution in [2.45, 2.75) is 26.4 Å². The van der Waals surface area contributed by atoms with Crippen LogP contribution in [0, 0.1) is 0 Å². The van der Waals surface area contributed by atoms with Crippen molar-refractivity contribution < 1.29 is 23.9 Å². The normalized spacial score (nSPS) is 11.3. The Hall–Kier alpha value is -3.22. The molecule has 0 fully saturated rings. The van der Waals surface area contributed by atoms with Crippen molar-refractivity contribution in [1.82, 2.24) is 4.98 Å². The molecule has 0 saturated heterocycles. The second-order valence-corrected chi connectivity index (χ2v) is 5.33. The molecule has 0 radical (unpaired) electrons. The van der Waals surface area contributed by atoms with Crippen molar-refractivity contribution in [3.8, 4) is 0 Å². The summed E-state index contributed by atoms with van der Waals surface area (Å²) in [5, 5.41) is 2.66. The second-order valence-electron chi connectivity index (χ2n) is 5.33. The van der Waals surface area contributed by atoms with E-state index in [-0.39, 0.29) is 12.2 Å². The van der Waals surface area contributed by atoms with E-state index in [9.17, 15) is 14.4 Å². The predicted octanol–water partition coefficient (Wildman–Crippen LogP) is 2.83. The van der Waals surface area contributed by atoms with Gasteiger partial charge in [-0.1, -0.05) is 6.92 Å². The Bertz CT molecular complexity index is 759. The Morgan fingerprint density at radius 2 is 1.77 bits per heavy atom. The van der Waals surface area contributed by atoms with Gasteiger partial charge in [0.15, 0.2) is 6.10 Å². The molecule has 0 saturated carbocycles. The van der Waals surface area contributed by atoms with E-state index in [1.807, 2.05) is 0 Å². The molecule has 1 atom stereocenters. The predicted molar refractivity (Wildman–Crippen MR) is 94.8 cm³/mol. The molecule has 0 aliphatic heterocycles. The topological polar surface area (TPSA) is 94.6 Å². The van der Waals surface area contributed by atoms with E-state index in [4.69, 9.17) is 9.47 Å². The molecular weight excluding hydrogens is 336 g/mol. The summed E-state index contributed by atoms with van der Waals surface area (Å²) < 4.78 is 10.1. The number of benzene rings is 1. The van der Waals surface area contributed by atoms with E-state index in [1.54, 1.807) is 56.4 Å². The zero-order chi connectivity index (χ0) is 18.9. The van der Waals surface area contributed by atoms with Crippen molar-refractivity contribution in [3.63, 3.8) is 0 Å². The zero-order valence-corrected chi connectivity index (χ0v) is 14.6. The molecule has 1 aromatic carbocycles. The highest BCUT2D eigenvalue weighted by Crippen LogP contribution is 2.13. The maximum Gasteiger partial charge on any atom is 0.340 e. The van der Waals surface area contributed by atoms with E-state index in [2.05, 4.69) is 10.3 Å². The molecule has 1 heterocycles. The number of hydrogen-bond donors (Lipinski definition) is 1. The van der Waals surface area contributed by atoms with Gasteiger partial charge in [-0.15, -0.1) is 0 Å². The number of rotatable bonds is 7. The van der Waals surface area contributed by atoms with Gasteiger partial charge in [0.05, 0.1) is 17.7 Å². The number of hydrogen-bond acceptors (Lipinski definition) is 6. The number of carbonyl (C=O) groups excluding carboxylic acids is 3. The van der Waals surface area contributed by atoms with Crippen molar-refractivity contribution in [2.24, 2.45) is 0 Å². The molecule has 1 aromatic heterocycles. The van der Waals surface area contributed by atoms with Crippen LogP contribution in [0.5, 0.6) is 0 Å². The monoisotopic (exact) mass is 356 g/mol. The molecule has 2 aromatic rings. The molecule has 1 N–H and O–H groups in total. The highest BCUT2D eigenvalue weighted by Gasteiger charge is 2.22. The number of nitrogens with one attached hydrogen (secondary N) is 1. The Labute approximate surface area is 151 Å². The maximum absolute atomic E-state index is 12.3. The minimum Gasteiger partial charge on any atom is -0.462 e. The lowest BCUT2D eigenvalue weighted by Crippen LogP contribution is -2.32. The number of amides is 1. The maximum atomic E-state index is 12.3. The van der Waals surface area contributed by atoms with Crippen molar-refractivity contribution >= 4 is 23.5 Å². The number of esters is 2. The van der Waals surface area contributed by atoms with Gasteiger partial charge in [0.2, 0.25) is 0 Å². The van der Waals surface area contributed by atoms with Gasteiger partial charge in [0.25, 0.3) is 5.91 Å². The van der Waals surface area contributed by atoms with Gasteiger partial charge in [0.1, 0.15) is 0 Å². The third-order valence-electron chi connectivity index (χ3n) is 3.47. The molecular formula is C19H20N2O5. The third-order valence-corrected chi connectivity index (χ3v) is 3.47. The first kappa shape index (κ1) is 19.1. The molecule has 7 heteroatoms. The molecule has 1 amide bonds. The van der Waals surface area contributed by atoms with Crippen LogP contribution >= 0.6 is 0 Å². The van der Waals surface area contributed by atoms with Crippen LogP contribution in [0.1, 0.15) is 41.0 Å². The van der Waals surface area contributed by atoms with Gasteiger partial charge in [-0.05, 0) is 49.7 Å². The summed E-state index contributed by atoms with van der Waals surface area (Å²) in [6.45, 7) is 3.76. The third kappa shape index (κ3) is 5.14. The summed E-state index contributed by atoms with van der Waals surface area (Å²) in [7, 11) is 0.